The average Bonchev–Trinajstić information content (AvgIpc) is 2.41. The first-order chi connectivity index (χ1) is 9.06. The first-order valence-corrected chi connectivity index (χ1v) is 7.51. The predicted octanol–water partition coefficient (Wildman–Crippen LogP) is 3.85. The number of para-hydroxylation sites is 1. The van der Waals surface area contributed by atoms with Gasteiger partial charge in [-0.25, -0.2) is 4.79 Å². The van der Waals surface area contributed by atoms with Crippen LogP contribution in [-0.2, 0) is 0 Å². The second kappa shape index (κ2) is 8.17. The summed E-state index contributed by atoms with van der Waals surface area (Å²) in [4.78, 5) is 10.1. The number of carbonyl (C=O) groups is 1. The lowest BCUT2D eigenvalue weighted by molar-refractivity contribution is 0.0284. The number of aliphatic hydroxyl groups is 1. The Bertz CT molecular complexity index is 378. The van der Waals surface area contributed by atoms with E-state index in [4.69, 9.17) is 5.11 Å². The molecule has 0 aliphatic heterocycles. The van der Waals surface area contributed by atoms with Crippen LogP contribution in [0.1, 0.15) is 32.1 Å². The van der Waals surface area contributed by atoms with E-state index in [-0.39, 0.29) is 5.60 Å². The molecule has 0 bridgehead atoms. The summed E-state index contributed by atoms with van der Waals surface area (Å²) in [5.74, 6) is 0. The molecule has 1 amide bonds. The summed E-state index contributed by atoms with van der Waals surface area (Å²) in [5.41, 5.74) is 0.230. The van der Waals surface area contributed by atoms with Gasteiger partial charge in [0, 0.05) is 11.0 Å². The summed E-state index contributed by atoms with van der Waals surface area (Å²) in [6, 6.07) is 8.74. The van der Waals surface area contributed by atoms with Gasteiger partial charge in [0.25, 0.3) is 0 Å². The molecule has 0 saturated heterocycles. The molecule has 0 spiro atoms. The molecule has 1 aromatic rings. The second-order valence-electron chi connectivity index (χ2n) is 4.71. The molecular formula is C14H20BrNO3. The first kappa shape index (κ1) is 16.0. The first-order valence-electron chi connectivity index (χ1n) is 6.39. The van der Waals surface area contributed by atoms with Crippen LogP contribution in [0.4, 0.5) is 10.5 Å². The average molecular weight is 330 g/mol. The summed E-state index contributed by atoms with van der Waals surface area (Å²) in [7, 11) is 0. The highest BCUT2D eigenvalue weighted by Crippen LogP contribution is 2.29. The van der Waals surface area contributed by atoms with E-state index in [9.17, 15) is 9.90 Å². The Hall–Kier alpha value is -1.07. The highest BCUT2D eigenvalue weighted by molar-refractivity contribution is 9.09. The molecule has 1 fully saturated rings. The molecule has 1 aliphatic carbocycles. The van der Waals surface area contributed by atoms with Crippen LogP contribution in [-0.4, -0.2) is 27.2 Å². The Kier molecular flexibility index (Phi) is 6.87. The van der Waals surface area contributed by atoms with Crippen molar-refractivity contribution in [3.63, 3.8) is 0 Å². The zero-order valence-corrected chi connectivity index (χ0v) is 12.4. The maximum absolute atomic E-state index is 10.1. The lowest BCUT2D eigenvalue weighted by atomic mass is 9.87. The number of hydrogen-bond donors (Lipinski definition) is 3. The molecular weight excluding hydrogens is 310 g/mol. The number of carboxylic acid groups (broad SMARTS) is 1. The summed E-state index contributed by atoms with van der Waals surface area (Å²) >= 11 is 3.32. The van der Waals surface area contributed by atoms with Crippen LogP contribution >= 0.6 is 15.9 Å². The highest BCUT2D eigenvalue weighted by atomic mass is 79.9. The number of rotatable bonds is 2. The van der Waals surface area contributed by atoms with Gasteiger partial charge in [-0.1, -0.05) is 53.4 Å². The van der Waals surface area contributed by atoms with Gasteiger partial charge in [0.1, 0.15) is 0 Å². The zero-order chi connectivity index (χ0) is 14.1. The number of amides is 1. The predicted molar refractivity (Wildman–Crippen MR) is 79.9 cm³/mol. The van der Waals surface area contributed by atoms with Crippen molar-refractivity contribution in [2.24, 2.45) is 0 Å². The molecule has 3 N–H and O–H groups in total. The summed E-state index contributed by atoms with van der Waals surface area (Å²) in [6.45, 7) is 0. The van der Waals surface area contributed by atoms with Crippen LogP contribution in [0.15, 0.2) is 30.3 Å². The number of nitrogens with one attached hydrogen (secondary N) is 1. The molecule has 1 aromatic carbocycles. The van der Waals surface area contributed by atoms with Crippen LogP contribution in [0.2, 0.25) is 0 Å². The molecule has 0 aromatic heterocycles. The Labute approximate surface area is 122 Å². The van der Waals surface area contributed by atoms with Gasteiger partial charge in [-0.15, -0.1) is 0 Å². The van der Waals surface area contributed by atoms with Gasteiger partial charge in [-0.2, -0.15) is 0 Å². The molecule has 0 radical (unpaired) electrons. The highest BCUT2D eigenvalue weighted by Gasteiger charge is 2.27. The van der Waals surface area contributed by atoms with Crippen molar-refractivity contribution in [1.29, 1.82) is 0 Å². The van der Waals surface area contributed by atoms with E-state index in [1.54, 1.807) is 24.3 Å². The van der Waals surface area contributed by atoms with Crippen LogP contribution < -0.4 is 5.32 Å². The Balaban J connectivity index is 0.000000191. The number of anilines is 1. The van der Waals surface area contributed by atoms with Gasteiger partial charge in [-0.3, -0.25) is 5.32 Å². The Morgan fingerprint density at radius 3 is 2.21 bits per heavy atom. The number of alkyl halides is 1. The quantitative estimate of drug-likeness (QED) is 0.721. The van der Waals surface area contributed by atoms with Gasteiger partial charge in [0.15, 0.2) is 0 Å². The SMILES string of the molecule is O=C(O)Nc1ccccc1.OC1(CBr)CCCCC1. The maximum Gasteiger partial charge on any atom is 0.409 e. The van der Waals surface area contributed by atoms with Crippen molar-refractivity contribution in [2.75, 3.05) is 10.6 Å². The van der Waals surface area contributed by atoms with Gasteiger partial charge in [0.05, 0.1) is 5.60 Å². The largest absolute Gasteiger partial charge is 0.465 e. The third-order valence-corrected chi connectivity index (χ3v) is 4.10. The van der Waals surface area contributed by atoms with E-state index in [2.05, 4.69) is 21.2 Å². The van der Waals surface area contributed by atoms with Crippen molar-refractivity contribution in [1.82, 2.24) is 0 Å². The van der Waals surface area contributed by atoms with E-state index >= 15 is 0 Å². The van der Waals surface area contributed by atoms with Crippen molar-refractivity contribution < 1.29 is 15.0 Å². The number of halogens is 1. The molecule has 19 heavy (non-hydrogen) atoms. The van der Waals surface area contributed by atoms with Crippen LogP contribution in [0.25, 0.3) is 0 Å². The summed E-state index contributed by atoms with van der Waals surface area (Å²) in [6.07, 6.45) is 4.63. The monoisotopic (exact) mass is 329 g/mol. The molecule has 2 rings (SSSR count). The standard InChI is InChI=1S/C7H13BrO.C7H7NO2/c8-6-7(9)4-2-1-3-5-7;9-7(10)8-6-4-2-1-3-5-6/h9H,1-6H2;1-5,8H,(H,9,10). The molecule has 5 heteroatoms. The molecule has 1 aliphatic rings. The second-order valence-corrected chi connectivity index (χ2v) is 5.28. The van der Waals surface area contributed by atoms with E-state index in [1.807, 2.05) is 6.07 Å². The molecule has 0 unspecified atom stereocenters. The molecule has 106 valence electrons. The smallest absolute Gasteiger partial charge is 0.409 e. The van der Waals surface area contributed by atoms with Crippen LogP contribution in [0, 0.1) is 0 Å². The lowest BCUT2D eigenvalue weighted by Gasteiger charge is -2.29. The minimum Gasteiger partial charge on any atom is -0.465 e. The topological polar surface area (TPSA) is 69.6 Å². The summed E-state index contributed by atoms with van der Waals surface area (Å²) < 4.78 is 0. The lowest BCUT2D eigenvalue weighted by Crippen LogP contribution is -2.32. The Morgan fingerprint density at radius 1 is 1.21 bits per heavy atom. The van der Waals surface area contributed by atoms with E-state index in [0.717, 1.165) is 18.2 Å². The van der Waals surface area contributed by atoms with Crippen molar-refractivity contribution in [3.8, 4) is 0 Å². The van der Waals surface area contributed by atoms with Gasteiger partial charge in [-0.05, 0) is 25.0 Å². The van der Waals surface area contributed by atoms with E-state index in [0.29, 0.717) is 5.69 Å². The fourth-order valence-corrected chi connectivity index (χ4v) is 2.55. The Morgan fingerprint density at radius 2 is 1.79 bits per heavy atom. The minimum atomic E-state index is -1.04. The van der Waals surface area contributed by atoms with Crippen molar-refractivity contribution >= 4 is 27.7 Å². The maximum atomic E-state index is 10.1. The number of benzene rings is 1. The minimum absolute atomic E-state index is 0.363. The van der Waals surface area contributed by atoms with Crippen LogP contribution in [0.5, 0.6) is 0 Å². The zero-order valence-electron chi connectivity index (χ0n) is 10.8. The third-order valence-electron chi connectivity index (χ3n) is 3.06. The van der Waals surface area contributed by atoms with Gasteiger partial charge >= 0.3 is 6.09 Å². The third kappa shape index (κ3) is 6.59. The molecule has 0 heterocycles. The van der Waals surface area contributed by atoms with E-state index < -0.39 is 6.09 Å². The fourth-order valence-electron chi connectivity index (χ4n) is 1.99. The molecule has 1 saturated carbocycles. The molecule has 0 atom stereocenters. The van der Waals surface area contributed by atoms with Gasteiger partial charge < -0.3 is 10.2 Å². The normalized spacial score (nSPS) is 16.9. The van der Waals surface area contributed by atoms with E-state index in [1.165, 1.54) is 19.3 Å². The van der Waals surface area contributed by atoms with Crippen molar-refractivity contribution in [3.05, 3.63) is 30.3 Å². The van der Waals surface area contributed by atoms with Crippen LogP contribution in [0.3, 0.4) is 0 Å². The number of hydrogen-bond acceptors (Lipinski definition) is 2. The van der Waals surface area contributed by atoms with Gasteiger partial charge in [0.2, 0.25) is 0 Å². The summed E-state index contributed by atoms with van der Waals surface area (Å²) in [5, 5.41) is 20.9. The fraction of sp³-hybridized carbons (Fsp3) is 0.500. The molecule has 4 nitrogen and oxygen atoms in total. The van der Waals surface area contributed by atoms with Crippen molar-refractivity contribution in [2.45, 2.75) is 37.7 Å².